The second-order valence-electron chi connectivity index (χ2n) is 4.07. The summed E-state index contributed by atoms with van der Waals surface area (Å²) < 4.78 is 0. The third kappa shape index (κ3) is 5.14. The molecule has 0 aliphatic heterocycles. The van der Waals surface area contributed by atoms with Crippen molar-refractivity contribution in [2.45, 2.75) is 19.4 Å². The number of carbonyl (C=O) groups is 1. The molecule has 1 aromatic rings. The molecule has 2 amide bonds. The Bertz CT molecular complexity index is 311. The van der Waals surface area contributed by atoms with Gasteiger partial charge in [0, 0.05) is 6.04 Å². The molecule has 1 aromatic heterocycles. The minimum atomic E-state index is -0.131. The van der Waals surface area contributed by atoms with E-state index < -0.39 is 0 Å². The Hall–Kier alpha value is -1.07. The van der Waals surface area contributed by atoms with Crippen molar-refractivity contribution in [3.63, 3.8) is 0 Å². The molecule has 2 N–H and O–H groups in total. The summed E-state index contributed by atoms with van der Waals surface area (Å²) in [6.07, 6.45) is 0.949. The summed E-state index contributed by atoms with van der Waals surface area (Å²) in [5, 5.41) is 8.51. The Kier molecular flexibility index (Phi) is 5.28. The Labute approximate surface area is 101 Å². The summed E-state index contributed by atoms with van der Waals surface area (Å²) in [6, 6.07) is 3.85. The molecular formula is C11H19N3OS. The highest BCUT2D eigenvalue weighted by Crippen LogP contribution is 2.14. The maximum Gasteiger partial charge on any atom is 0.320 e. The van der Waals surface area contributed by atoms with E-state index in [1.54, 1.807) is 0 Å². The Morgan fingerprint density at radius 2 is 2.31 bits per heavy atom. The van der Waals surface area contributed by atoms with Gasteiger partial charge < -0.3 is 10.2 Å². The second kappa shape index (κ2) is 6.50. The summed E-state index contributed by atoms with van der Waals surface area (Å²) in [5.41, 5.74) is 0. The molecule has 0 aromatic carbocycles. The van der Waals surface area contributed by atoms with Crippen LogP contribution >= 0.6 is 11.3 Å². The highest BCUT2D eigenvalue weighted by molar-refractivity contribution is 7.14. The van der Waals surface area contributed by atoms with Gasteiger partial charge in [-0.25, -0.2) is 4.79 Å². The molecule has 0 fully saturated rings. The first-order chi connectivity index (χ1) is 7.58. The molecule has 0 aliphatic carbocycles. The minimum absolute atomic E-state index is 0.131. The van der Waals surface area contributed by atoms with Crippen LogP contribution in [0.4, 0.5) is 9.80 Å². The summed E-state index contributed by atoms with van der Waals surface area (Å²) >= 11 is 1.52. The fourth-order valence-corrected chi connectivity index (χ4v) is 1.86. The van der Waals surface area contributed by atoms with E-state index in [2.05, 4.69) is 15.5 Å². The number of rotatable bonds is 5. The van der Waals surface area contributed by atoms with E-state index in [9.17, 15) is 4.79 Å². The van der Waals surface area contributed by atoms with Crippen LogP contribution in [0.25, 0.3) is 0 Å². The normalized spacial score (nSPS) is 12.5. The quantitative estimate of drug-likeness (QED) is 0.830. The number of nitrogens with one attached hydrogen (secondary N) is 2. The first-order valence-corrected chi connectivity index (χ1v) is 6.21. The molecule has 0 spiro atoms. The van der Waals surface area contributed by atoms with Gasteiger partial charge in [0.15, 0.2) is 0 Å². The molecular weight excluding hydrogens is 222 g/mol. The predicted molar refractivity (Wildman–Crippen MR) is 69.1 cm³/mol. The average Bonchev–Trinajstić information content (AvgIpc) is 2.67. The fraction of sp³-hybridized carbons (Fsp3) is 0.545. The third-order valence-electron chi connectivity index (χ3n) is 2.14. The highest BCUT2D eigenvalue weighted by Gasteiger charge is 2.07. The second-order valence-corrected chi connectivity index (χ2v) is 5.02. The van der Waals surface area contributed by atoms with Gasteiger partial charge in [0.2, 0.25) is 0 Å². The molecule has 16 heavy (non-hydrogen) atoms. The van der Waals surface area contributed by atoms with E-state index in [0.717, 1.165) is 18.0 Å². The lowest BCUT2D eigenvalue weighted by atomic mass is 10.2. The van der Waals surface area contributed by atoms with E-state index in [1.807, 2.05) is 38.5 Å². The summed E-state index contributed by atoms with van der Waals surface area (Å²) in [5.74, 6) is 0. The van der Waals surface area contributed by atoms with Gasteiger partial charge in [-0.3, -0.25) is 5.32 Å². The lowest BCUT2D eigenvalue weighted by Crippen LogP contribution is -2.37. The number of amides is 2. The van der Waals surface area contributed by atoms with E-state index in [0.29, 0.717) is 0 Å². The van der Waals surface area contributed by atoms with Crippen LogP contribution < -0.4 is 10.6 Å². The summed E-state index contributed by atoms with van der Waals surface area (Å²) in [4.78, 5) is 13.6. The van der Waals surface area contributed by atoms with Crippen molar-refractivity contribution in [1.82, 2.24) is 10.2 Å². The van der Waals surface area contributed by atoms with Crippen molar-refractivity contribution in [2.24, 2.45) is 0 Å². The van der Waals surface area contributed by atoms with Crippen LogP contribution in [0, 0.1) is 0 Å². The standard InChI is InChI=1S/C11H19N3OS/c1-9(6-7-14(2)3)12-11(15)13-10-5-4-8-16-10/h4-5,8-9H,6-7H2,1-3H3,(H2,12,13,15)/t9-/m0/s1. The molecule has 0 saturated carbocycles. The topological polar surface area (TPSA) is 44.4 Å². The summed E-state index contributed by atoms with van der Waals surface area (Å²) in [6.45, 7) is 2.98. The van der Waals surface area contributed by atoms with Crippen molar-refractivity contribution in [3.05, 3.63) is 17.5 Å². The molecule has 90 valence electrons. The molecule has 0 bridgehead atoms. The Balaban J connectivity index is 2.23. The third-order valence-corrected chi connectivity index (χ3v) is 2.93. The number of hydrogen-bond acceptors (Lipinski definition) is 3. The van der Waals surface area contributed by atoms with Crippen LogP contribution in [0.2, 0.25) is 0 Å². The van der Waals surface area contributed by atoms with Crippen LogP contribution in [0.15, 0.2) is 17.5 Å². The number of thiophene rings is 1. The number of anilines is 1. The molecule has 0 unspecified atom stereocenters. The molecule has 0 aliphatic rings. The van der Waals surface area contributed by atoms with Gasteiger partial charge in [0.1, 0.15) is 0 Å². The number of nitrogens with zero attached hydrogens (tertiary/aromatic N) is 1. The summed E-state index contributed by atoms with van der Waals surface area (Å²) in [7, 11) is 4.05. The largest absolute Gasteiger partial charge is 0.335 e. The van der Waals surface area contributed by atoms with Crippen molar-refractivity contribution < 1.29 is 4.79 Å². The molecule has 1 atom stereocenters. The lowest BCUT2D eigenvalue weighted by molar-refractivity contribution is 0.247. The Morgan fingerprint density at radius 3 is 2.88 bits per heavy atom. The smallest absolute Gasteiger partial charge is 0.320 e. The first-order valence-electron chi connectivity index (χ1n) is 5.33. The van der Waals surface area contributed by atoms with Gasteiger partial charge in [0.05, 0.1) is 5.00 Å². The zero-order valence-electron chi connectivity index (χ0n) is 9.99. The van der Waals surface area contributed by atoms with Gasteiger partial charge >= 0.3 is 6.03 Å². The van der Waals surface area contributed by atoms with Crippen LogP contribution in [0.3, 0.4) is 0 Å². The van der Waals surface area contributed by atoms with Crippen molar-refractivity contribution >= 4 is 22.4 Å². The fourth-order valence-electron chi connectivity index (χ4n) is 1.25. The van der Waals surface area contributed by atoms with Crippen molar-refractivity contribution in [3.8, 4) is 0 Å². The maximum atomic E-state index is 11.5. The van der Waals surface area contributed by atoms with E-state index in [4.69, 9.17) is 0 Å². The first kappa shape index (κ1) is 13.0. The van der Waals surface area contributed by atoms with Gasteiger partial charge in [-0.15, -0.1) is 11.3 Å². The van der Waals surface area contributed by atoms with Gasteiger partial charge in [-0.1, -0.05) is 0 Å². The van der Waals surface area contributed by atoms with E-state index in [-0.39, 0.29) is 12.1 Å². The highest BCUT2D eigenvalue weighted by atomic mass is 32.1. The number of hydrogen-bond donors (Lipinski definition) is 2. The average molecular weight is 241 g/mol. The molecule has 1 heterocycles. The predicted octanol–water partition coefficient (Wildman–Crippen LogP) is 2.21. The SMILES string of the molecule is C[C@@H](CCN(C)C)NC(=O)Nc1cccs1. The van der Waals surface area contributed by atoms with Crippen molar-refractivity contribution in [1.29, 1.82) is 0 Å². The molecule has 0 radical (unpaired) electrons. The van der Waals surface area contributed by atoms with Crippen LogP contribution in [0.5, 0.6) is 0 Å². The molecule has 0 saturated heterocycles. The number of carbonyl (C=O) groups excluding carboxylic acids is 1. The number of urea groups is 1. The molecule has 5 heteroatoms. The van der Waals surface area contributed by atoms with Gasteiger partial charge in [0.25, 0.3) is 0 Å². The van der Waals surface area contributed by atoms with Gasteiger partial charge in [-0.2, -0.15) is 0 Å². The lowest BCUT2D eigenvalue weighted by Gasteiger charge is -2.16. The Morgan fingerprint density at radius 1 is 1.56 bits per heavy atom. The zero-order valence-corrected chi connectivity index (χ0v) is 10.8. The maximum absolute atomic E-state index is 11.5. The van der Waals surface area contributed by atoms with Crippen LogP contribution in [-0.4, -0.2) is 37.6 Å². The molecule has 1 rings (SSSR count). The van der Waals surface area contributed by atoms with E-state index in [1.165, 1.54) is 11.3 Å². The van der Waals surface area contributed by atoms with Crippen molar-refractivity contribution in [2.75, 3.05) is 26.0 Å². The minimum Gasteiger partial charge on any atom is -0.335 e. The van der Waals surface area contributed by atoms with Crippen LogP contribution in [0.1, 0.15) is 13.3 Å². The van der Waals surface area contributed by atoms with Crippen LogP contribution in [-0.2, 0) is 0 Å². The monoisotopic (exact) mass is 241 g/mol. The zero-order chi connectivity index (χ0) is 12.0. The van der Waals surface area contributed by atoms with E-state index >= 15 is 0 Å². The molecule has 4 nitrogen and oxygen atoms in total. The van der Waals surface area contributed by atoms with Gasteiger partial charge in [-0.05, 0) is 51.5 Å².